The maximum absolute atomic E-state index is 13.6. The van der Waals surface area contributed by atoms with Crippen LogP contribution in [0.5, 0.6) is 5.75 Å². The zero-order valence-electron chi connectivity index (χ0n) is 20.4. The fourth-order valence-corrected chi connectivity index (χ4v) is 5.31. The van der Waals surface area contributed by atoms with Crippen LogP contribution >= 0.6 is 27.7 Å². The lowest BCUT2D eigenvalue weighted by Crippen LogP contribution is -2.28. The van der Waals surface area contributed by atoms with Crippen molar-refractivity contribution in [1.82, 2.24) is 4.90 Å². The number of hydrogen-bond acceptors (Lipinski definition) is 4. The van der Waals surface area contributed by atoms with Crippen molar-refractivity contribution < 1.29 is 13.9 Å². The van der Waals surface area contributed by atoms with Gasteiger partial charge >= 0.3 is 0 Å². The molecule has 1 aliphatic heterocycles. The molecule has 38 heavy (non-hydrogen) atoms. The van der Waals surface area contributed by atoms with E-state index in [0.29, 0.717) is 28.9 Å². The lowest BCUT2D eigenvalue weighted by atomic mass is 10.1. The number of ether oxygens (including phenoxy) is 1. The standard InChI is InChI=1S/C31H24BrFN2O2S/c32-26-14-15-28(37-21-24-12-7-13-27(33)16-24)25(17-26)18-29-30(36)35(20-23-10-5-2-6-11-23)31(38-29)34-19-22-8-3-1-4-9-22/h1-18H,19-21H2/b29-18+,34-31?. The SMILES string of the molecule is O=C1/C(=C\c2cc(Br)ccc2OCc2cccc(F)c2)SC(=NCc2ccccc2)N1Cc1ccccc1. The number of hydrogen-bond donors (Lipinski definition) is 0. The van der Waals surface area contributed by atoms with Gasteiger partial charge in [-0.15, -0.1) is 0 Å². The molecular formula is C31H24BrFN2O2S. The van der Waals surface area contributed by atoms with E-state index in [9.17, 15) is 9.18 Å². The first-order valence-electron chi connectivity index (χ1n) is 12.1. The predicted molar refractivity (Wildman–Crippen MR) is 155 cm³/mol. The van der Waals surface area contributed by atoms with Gasteiger partial charge in [-0.25, -0.2) is 4.39 Å². The van der Waals surface area contributed by atoms with Crippen molar-refractivity contribution in [3.63, 3.8) is 0 Å². The number of aliphatic imine (C=N–C) groups is 1. The molecule has 7 heteroatoms. The number of carbonyl (C=O) groups excluding carboxylic acids is 1. The molecule has 0 radical (unpaired) electrons. The predicted octanol–water partition coefficient (Wildman–Crippen LogP) is 7.84. The Morgan fingerprint density at radius 3 is 2.32 bits per heavy atom. The molecule has 4 nitrogen and oxygen atoms in total. The van der Waals surface area contributed by atoms with Crippen molar-refractivity contribution in [1.29, 1.82) is 0 Å². The van der Waals surface area contributed by atoms with Crippen LogP contribution < -0.4 is 4.74 Å². The first kappa shape index (κ1) is 25.9. The van der Waals surface area contributed by atoms with Gasteiger partial charge in [0, 0.05) is 10.0 Å². The molecule has 0 aliphatic carbocycles. The molecule has 0 N–H and O–H groups in total. The van der Waals surface area contributed by atoms with Gasteiger partial charge in [0.15, 0.2) is 5.17 Å². The van der Waals surface area contributed by atoms with Crippen LogP contribution in [0.1, 0.15) is 22.3 Å². The summed E-state index contributed by atoms with van der Waals surface area (Å²) in [6.45, 7) is 1.12. The molecule has 0 spiro atoms. The van der Waals surface area contributed by atoms with Gasteiger partial charge in [0.05, 0.1) is 18.0 Å². The van der Waals surface area contributed by atoms with Crippen LogP contribution in [0.15, 0.2) is 117 Å². The molecule has 1 amide bonds. The van der Waals surface area contributed by atoms with E-state index in [4.69, 9.17) is 9.73 Å². The molecule has 5 rings (SSSR count). The van der Waals surface area contributed by atoms with Crippen molar-refractivity contribution in [2.75, 3.05) is 0 Å². The monoisotopic (exact) mass is 586 g/mol. The van der Waals surface area contributed by atoms with Crippen LogP contribution in [0.2, 0.25) is 0 Å². The Morgan fingerprint density at radius 1 is 0.868 bits per heavy atom. The van der Waals surface area contributed by atoms with E-state index in [1.807, 2.05) is 91.0 Å². The molecule has 4 aromatic rings. The van der Waals surface area contributed by atoms with Gasteiger partial charge < -0.3 is 4.74 Å². The summed E-state index contributed by atoms with van der Waals surface area (Å²) in [6.07, 6.45) is 1.84. The van der Waals surface area contributed by atoms with E-state index in [0.717, 1.165) is 26.7 Å². The fourth-order valence-electron chi connectivity index (χ4n) is 3.97. The summed E-state index contributed by atoms with van der Waals surface area (Å²) in [5.41, 5.74) is 3.57. The highest BCUT2D eigenvalue weighted by molar-refractivity contribution is 9.10. The summed E-state index contributed by atoms with van der Waals surface area (Å²) in [7, 11) is 0. The second-order valence-corrected chi connectivity index (χ2v) is 10.6. The van der Waals surface area contributed by atoms with Gasteiger partial charge in [0.2, 0.25) is 0 Å². The van der Waals surface area contributed by atoms with Crippen molar-refractivity contribution in [3.05, 3.63) is 141 Å². The van der Waals surface area contributed by atoms with Gasteiger partial charge in [-0.2, -0.15) is 0 Å². The van der Waals surface area contributed by atoms with E-state index < -0.39 is 0 Å². The average Bonchev–Trinajstić information content (AvgIpc) is 3.22. The molecule has 0 bridgehead atoms. The maximum atomic E-state index is 13.6. The van der Waals surface area contributed by atoms with Crippen LogP contribution in [0, 0.1) is 5.82 Å². The average molecular weight is 588 g/mol. The van der Waals surface area contributed by atoms with Crippen molar-refractivity contribution in [2.45, 2.75) is 19.7 Å². The minimum Gasteiger partial charge on any atom is -0.488 e. The van der Waals surface area contributed by atoms with Gasteiger partial charge in [0.25, 0.3) is 5.91 Å². The Balaban J connectivity index is 1.43. The Morgan fingerprint density at radius 2 is 1.58 bits per heavy atom. The molecular weight excluding hydrogens is 563 g/mol. The van der Waals surface area contributed by atoms with Crippen LogP contribution in [-0.4, -0.2) is 16.0 Å². The number of carbonyl (C=O) groups is 1. The van der Waals surface area contributed by atoms with Gasteiger partial charge in [0.1, 0.15) is 18.2 Å². The van der Waals surface area contributed by atoms with Crippen LogP contribution in [0.4, 0.5) is 4.39 Å². The van der Waals surface area contributed by atoms with E-state index in [1.54, 1.807) is 11.0 Å². The normalized spacial score (nSPS) is 15.4. The topological polar surface area (TPSA) is 41.9 Å². The molecule has 0 atom stereocenters. The quantitative estimate of drug-likeness (QED) is 0.197. The largest absolute Gasteiger partial charge is 0.488 e. The summed E-state index contributed by atoms with van der Waals surface area (Å²) >= 11 is 4.88. The first-order valence-corrected chi connectivity index (χ1v) is 13.7. The van der Waals surface area contributed by atoms with E-state index in [-0.39, 0.29) is 18.3 Å². The molecule has 190 valence electrons. The highest BCUT2D eigenvalue weighted by Crippen LogP contribution is 2.36. The molecule has 0 aromatic heterocycles. The fraction of sp³-hybridized carbons (Fsp3) is 0.0968. The maximum Gasteiger partial charge on any atom is 0.267 e. The zero-order chi connectivity index (χ0) is 26.3. The second-order valence-electron chi connectivity index (χ2n) is 8.67. The highest BCUT2D eigenvalue weighted by atomic mass is 79.9. The van der Waals surface area contributed by atoms with Crippen molar-refractivity contribution >= 4 is 44.8 Å². The molecule has 0 unspecified atom stereocenters. The molecule has 1 fully saturated rings. The van der Waals surface area contributed by atoms with Crippen LogP contribution in [0.3, 0.4) is 0 Å². The third-order valence-electron chi connectivity index (χ3n) is 5.85. The van der Waals surface area contributed by atoms with Crippen LogP contribution in [0.25, 0.3) is 6.08 Å². The number of thioether (sulfide) groups is 1. The molecule has 1 heterocycles. The third-order valence-corrected chi connectivity index (χ3v) is 7.39. The zero-order valence-corrected chi connectivity index (χ0v) is 22.8. The smallest absolute Gasteiger partial charge is 0.267 e. The Kier molecular flexibility index (Phi) is 8.36. The van der Waals surface area contributed by atoms with Gasteiger partial charge in [-0.3, -0.25) is 14.7 Å². The highest BCUT2D eigenvalue weighted by Gasteiger charge is 2.33. The van der Waals surface area contributed by atoms with Crippen molar-refractivity contribution in [3.8, 4) is 5.75 Å². The van der Waals surface area contributed by atoms with E-state index >= 15 is 0 Å². The lowest BCUT2D eigenvalue weighted by Gasteiger charge is -2.15. The molecule has 4 aromatic carbocycles. The molecule has 1 saturated heterocycles. The molecule has 0 saturated carbocycles. The lowest BCUT2D eigenvalue weighted by molar-refractivity contribution is -0.122. The first-order chi connectivity index (χ1) is 18.5. The summed E-state index contributed by atoms with van der Waals surface area (Å²) in [4.78, 5) is 20.7. The van der Waals surface area contributed by atoms with Gasteiger partial charge in [-0.05, 0) is 64.9 Å². The molecule has 1 aliphatic rings. The van der Waals surface area contributed by atoms with E-state index in [2.05, 4.69) is 15.9 Å². The number of halogens is 2. The number of rotatable bonds is 8. The van der Waals surface area contributed by atoms with Gasteiger partial charge in [-0.1, -0.05) is 88.7 Å². The summed E-state index contributed by atoms with van der Waals surface area (Å²) in [5.74, 6) is 0.183. The van der Waals surface area contributed by atoms with E-state index in [1.165, 1.54) is 23.9 Å². The Bertz CT molecular complexity index is 1490. The van der Waals surface area contributed by atoms with Crippen LogP contribution in [-0.2, 0) is 24.5 Å². The second kappa shape index (κ2) is 12.2. The number of amidine groups is 1. The number of amides is 1. The third kappa shape index (κ3) is 6.60. The number of nitrogens with zero attached hydrogens (tertiary/aromatic N) is 2. The number of benzene rings is 4. The van der Waals surface area contributed by atoms with Crippen molar-refractivity contribution in [2.24, 2.45) is 4.99 Å². The minimum absolute atomic E-state index is 0.110. The summed E-state index contributed by atoms with van der Waals surface area (Å²) < 4.78 is 20.5. The Labute approximate surface area is 234 Å². The Hall–Kier alpha value is -3.68. The summed E-state index contributed by atoms with van der Waals surface area (Å²) in [5, 5.41) is 0.659. The minimum atomic E-state index is -0.307. The summed E-state index contributed by atoms with van der Waals surface area (Å²) in [6, 6.07) is 31.8.